The van der Waals surface area contributed by atoms with E-state index < -0.39 is 0 Å². The summed E-state index contributed by atoms with van der Waals surface area (Å²) < 4.78 is 3.63. The third-order valence-electron chi connectivity index (χ3n) is 2.64. The predicted octanol–water partition coefficient (Wildman–Crippen LogP) is 1.44. The first kappa shape index (κ1) is 9.08. The van der Waals surface area contributed by atoms with Gasteiger partial charge in [0.15, 0.2) is 0 Å². The fourth-order valence-electron chi connectivity index (χ4n) is 1.78. The maximum absolute atomic E-state index is 4.17. The number of hydrogen-bond acceptors (Lipinski definition) is 3. The standard InChI is InChI=1S/C11H11N5/c1-8-11-3-9(6-16(11)14-7-12-8)10-4-13-15(2)5-10/h3-7H,1-2H3. The molecule has 3 aromatic heterocycles. The number of rotatable bonds is 1. The van der Waals surface area contributed by atoms with Gasteiger partial charge in [-0.1, -0.05) is 0 Å². The predicted molar refractivity (Wildman–Crippen MR) is 59.9 cm³/mol. The Bertz CT molecular complexity index is 649. The zero-order chi connectivity index (χ0) is 11.1. The van der Waals surface area contributed by atoms with Crippen LogP contribution in [0.3, 0.4) is 0 Å². The molecule has 0 spiro atoms. The third-order valence-corrected chi connectivity index (χ3v) is 2.64. The fraction of sp³-hybridized carbons (Fsp3) is 0.182. The number of aromatic nitrogens is 5. The number of fused-ring (bicyclic) bond motifs is 1. The van der Waals surface area contributed by atoms with Gasteiger partial charge in [0.2, 0.25) is 0 Å². The quantitative estimate of drug-likeness (QED) is 0.614. The van der Waals surface area contributed by atoms with Gasteiger partial charge in [-0.25, -0.2) is 9.50 Å². The van der Waals surface area contributed by atoms with Crippen molar-refractivity contribution in [1.82, 2.24) is 24.4 Å². The Hall–Kier alpha value is -2.17. The highest BCUT2D eigenvalue weighted by molar-refractivity contribution is 5.69. The van der Waals surface area contributed by atoms with Gasteiger partial charge >= 0.3 is 0 Å². The second-order valence-corrected chi connectivity index (χ2v) is 3.81. The van der Waals surface area contributed by atoms with Crippen molar-refractivity contribution in [3.05, 3.63) is 36.7 Å². The molecule has 3 aromatic rings. The molecule has 0 saturated carbocycles. The average Bonchev–Trinajstić information content (AvgIpc) is 2.84. The van der Waals surface area contributed by atoms with E-state index in [-0.39, 0.29) is 0 Å². The lowest BCUT2D eigenvalue weighted by molar-refractivity contribution is 0.768. The van der Waals surface area contributed by atoms with Crippen molar-refractivity contribution in [2.45, 2.75) is 6.92 Å². The van der Waals surface area contributed by atoms with E-state index in [2.05, 4.69) is 21.2 Å². The minimum absolute atomic E-state index is 0.977. The van der Waals surface area contributed by atoms with E-state index in [0.717, 1.165) is 22.3 Å². The highest BCUT2D eigenvalue weighted by atomic mass is 15.2. The van der Waals surface area contributed by atoms with Crippen LogP contribution < -0.4 is 0 Å². The molecule has 5 heteroatoms. The minimum Gasteiger partial charge on any atom is -0.275 e. The van der Waals surface area contributed by atoms with Crippen molar-refractivity contribution in [3.8, 4) is 11.1 Å². The lowest BCUT2D eigenvalue weighted by Crippen LogP contribution is -1.92. The van der Waals surface area contributed by atoms with Crippen LogP contribution in [0.1, 0.15) is 5.69 Å². The summed E-state index contributed by atoms with van der Waals surface area (Å²) in [6.45, 7) is 1.98. The first-order valence-corrected chi connectivity index (χ1v) is 5.03. The third kappa shape index (κ3) is 1.29. The van der Waals surface area contributed by atoms with Crippen LogP contribution in [0.25, 0.3) is 16.6 Å². The van der Waals surface area contributed by atoms with Crippen molar-refractivity contribution in [3.63, 3.8) is 0 Å². The van der Waals surface area contributed by atoms with E-state index in [1.54, 1.807) is 11.0 Å². The van der Waals surface area contributed by atoms with E-state index in [0.29, 0.717) is 0 Å². The van der Waals surface area contributed by atoms with Gasteiger partial charge in [0.25, 0.3) is 0 Å². The second-order valence-electron chi connectivity index (χ2n) is 3.81. The molecule has 0 aliphatic carbocycles. The van der Waals surface area contributed by atoms with E-state index in [4.69, 9.17) is 0 Å². The molecule has 0 fully saturated rings. The summed E-state index contributed by atoms with van der Waals surface area (Å²) in [5.41, 5.74) is 4.20. The van der Waals surface area contributed by atoms with Gasteiger partial charge in [-0.3, -0.25) is 4.68 Å². The number of aryl methyl sites for hydroxylation is 2. The van der Waals surface area contributed by atoms with Gasteiger partial charge in [-0.05, 0) is 13.0 Å². The summed E-state index contributed by atoms with van der Waals surface area (Å²) in [6, 6.07) is 2.08. The Kier molecular flexibility index (Phi) is 1.80. The molecule has 5 nitrogen and oxygen atoms in total. The van der Waals surface area contributed by atoms with Crippen molar-refractivity contribution in [2.75, 3.05) is 0 Å². The molecule has 0 aliphatic rings. The summed E-state index contributed by atoms with van der Waals surface area (Å²) in [4.78, 5) is 4.17. The topological polar surface area (TPSA) is 48.0 Å². The molecule has 0 saturated heterocycles. The van der Waals surface area contributed by atoms with Crippen molar-refractivity contribution in [1.29, 1.82) is 0 Å². The molecule has 0 aliphatic heterocycles. The van der Waals surface area contributed by atoms with Crippen LogP contribution in [0.4, 0.5) is 0 Å². The molecule has 0 radical (unpaired) electrons. The summed E-state index contributed by atoms with van der Waals surface area (Å²) in [6.07, 6.45) is 7.38. The molecular formula is C11H11N5. The van der Waals surface area contributed by atoms with Crippen LogP contribution in [0.2, 0.25) is 0 Å². The lowest BCUT2D eigenvalue weighted by Gasteiger charge is -1.93. The van der Waals surface area contributed by atoms with E-state index >= 15 is 0 Å². The SMILES string of the molecule is Cc1ncnn2cc(-c3cnn(C)c3)cc12. The summed E-state index contributed by atoms with van der Waals surface area (Å²) >= 11 is 0. The van der Waals surface area contributed by atoms with Gasteiger partial charge in [-0.15, -0.1) is 0 Å². The molecule has 0 aromatic carbocycles. The van der Waals surface area contributed by atoms with Crippen molar-refractivity contribution < 1.29 is 0 Å². The normalized spacial score (nSPS) is 11.1. The Labute approximate surface area is 92.4 Å². The first-order chi connectivity index (χ1) is 7.74. The Morgan fingerprint density at radius 3 is 2.69 bits per heavy atom. The molecular weight excluding hydrogens is 202 g/mol. The summed E-state index contributed by atoms with van der Waals surface area (Å²) in [7, 11) is 1.91. The second kappa shape index (κ2) is 3.16. The minimum atomic E-state index is 0.977. The Morgan fingerprint density at radius 1 is 1.12 bits per heavy atom. The van der Waals surface area contributed by atoms with Gasteiger partial charge in [-0.2, -0.15) is 10.2 Å². The van der Waals surface area contributed by atoms with Crippen molar-refractivity contribution in [2.24, 2.45) is 7.05 Å². The Morgan fingerprint density at radius 2 is 2.00 bits per heavy atom. The van der Waals surface area contributed by atoms with Crippen LogP contribution in [-0.4, -0.2) is 24.4 Å². The maximum Gasteiger partial charge on any atom is 0.136 e. The number of nitrogens with zero attached hydrogens (tertiary/aromatic N) is 5. The van der Waals surface area contributed by atoms with E-state index in [1.807, 2.05) is 37.1 Å². The van der Waals surface area contributed by atoms with Crippen LogP contribution in [0, 0.1) is 6.92 Å². The maximum atomic E-state index is 4.17. The highest BCUT2D eigenvalue weighted by Crippen LogP contribution is 2.22. The molecule has 3 heterocycles. The molecule has 0 amide bonds. The first-order valence-electron chi connectivity index (χ1n) is 5.03. The van der Waals surface area contributed by atoms with Crippen LogP contribution in [-0.2, 0) is 7.05 Å². The monoisotopic (exact) mass is 213 g/mol. The van der Waals surface area contributed by atoms with Crippen molar-refractivity contribution >= 4 is 5.52 Å². The fourth-order valence-corrected chi connectivity index (χ4v) is 1.78. The zero-order valence-electron chi connectivity index (χ0n) is 9.12. The van der Waals surface area contributed by atoms with Crippen LogP contribution in [0.5, 0.6) is 0 Å². The molecule has 0 unspecified atom stereocenters. The summed E-state index contributed by atoms with van der Waals surface area (Å²) in [5.74, 6) is 0. The van der Waals surface area contributed by atoms with E-state index in [1.165, 1.54) is 0 Å². The van der Waals surface area contributed by atoms with Gasteiger partial charge in [0, 0.05) is 30.6 Å². The van der Waals surface area contributed by atoms with Gasteiger partial charge in [0.1, 0.15) is 6.33 Å². The van der Waals surface area contributed by atoms with Crippen LogP contribution in [0.15, 0.2) is 31.0 Å². The van der Waals surface area contributed by atoms with E-state index in [9.17, 15) is 0 Å². The van der Waals surface area contributed by atoms with Gasteiger partial charge < -0.3 is 0 Å². The lowest BCUT2D eigenvalue weighted by atomic mass is 10.2. The summed E-state index contributed by atoms with van der Waals surface area (Å²) in [5, 5.41) is 8.33. The molecule has 0 bridgehead atoms. The average molecular weight is 213 g/mol. The smallest absolute Gasteiger partial charge is 0.136 e. The molecule has 0 atom stereocenters. The largest absolute Gasteiger partial charge is 0.275 e. The number of hydrogen-bond donors (Lipinski definition) is 0. The molecule has 3 rings (SSSR count). The Balaban J connectivity index is 2.22. The molecule has 80 valence electrons. The zero-order valence-corrected chi connectivity index (χ0v) is 9.12. The molecule has 16 heavy (non-hydrogen) atoms. The van der Waals surface area contributed by atoms with Gasteiger partial charge in [0.05, 0.1) is 17.4 Å². The molecule has 0 N–H and O–H groups in total. The van der Waals surface area contributed by atoms with Crippen LogP contribution >= 0.6 is 0 Å². The highest BCUT2D eigenvalue weighted by Gasteiger charge is 2.06.